The van der Waals surface area contributed by atoms with Crippen molar-refractivity contribution in [3.8, 4) is 17.2 Å². The standard InChI is InChI=1S/C24H27N5O/c1-3-5-10-23-27-29(17-21(30)4-2)24(26)28(23)16-18-11-13-19(14-12-18)22-9-7-6-8-20(22)15-25/h6-9,11-14,26H,3-5,10,16-17H2,1-2H3/p+1. The molecule has 2 N–H and O–H groups in total. The monoisotopic (exact) mass is 402 g/mol. The molecule has 0 unspecified atom stereocenters. The van der Waals surface area contributed by atoms with E-state index in [1.807, 2.05) is 60.0 Å². The van der Waals surface area contributed by atoms with Gasteiger partial charge in [0.15, 0.2) is 12.3 Å². The number of anilines is 1. The maximum absolute atomic E-state index is 11.9. The molecule has 3 rings (SSSR count). The maximum atomic E-state index is 11.9. The largest absolute Gasteiger partial charge is 0.343 e. The molecule has 0 aliphatic heterocycles. The van der Waals surface area contributed by atoms with Gasteiger partial charge in [-0.3, -0.25) is 4.79 Å². The first-order chi connectivity index (χ1) is 14.6. The number of benzene rings is 2. The zero-order chi connectivity index (χ0) is 21.5. The van der Waals surface area contributed by atoms with Crippen molar-refractivity contribution < 1.29 is 9.36 Å². The molecular formula is C24H28N5O+. The van der Waals surface area contributed by atoms with Gasteiger partial charge in [-0.25, -0.2) is 4.57 Å². The molecule has 1 aromatic heterocycles. The molecule has 0 aliphatic carbocycles. The lowest BCUT2D eigenvalue weighted by Gasteiger charge is -2.07. The van der Waals surface area contributed by atoms with Crippen LogP contribution < -0.4 is 10.3 Å². The maximum Gasteiger partial charge on any atom is 0.343 e. The van der Waals surface area contributed by atoms with Crippen LogP contribution in [0.4, 0.5) is 5.95 Å². The summed E-state index contributed by atoms with van der Waals surface area (Å²) < 4.78 is 3.62. The van der Waals surface area contributed by atoms with Crippen molar-refractivity contribution in [2.24, 2.45) is 0 Å². The number of unbranched alkanes of at least 4 members (excludes halogenated alkanes) is 1. The van der Waals surface area contributed by atoms with Crippen LogP contribution in [0.2, 0.25) is 0 Å². The molecule has 30 heavy (non-hydrogen) atoms. The number of nitrogens with two attached hydrogens (primary N) is 1. The minimum Gasteiger partial charge on any atom is -0.308 e. The Balaban J connectivity index is 1.88. The fourth-order valence-electron chi connectivity index (χ4n) is 3.41. The summed E-state index contributed by atoms with van der Waals surface area (Å²) >= 11 is 0. The van der Waals surface area contributed by atoms with Gasteiger partial charge >= 0.3 is 5.95 Å². The first kappa shape index (κ1) is 21.3. The molecule has 0 atom stereocenters. The molecule has 0 fully saturated rings. The molecular weight excluding hydrogens is 374 g/mol. The van der Waals surface area contributed by atoms with E-state index in [9.17, 15) is 10.1 Å². The number of nitrogen functional groups attached to an aromatic ring is 1. The number of aromatic nitrogens is 3. The van der Waals surface area contributed by atoms with Gasteiger partial charge in [0.05, 0.1) is 18.2 Å². The van der Waals surface area contributed by atoms with Crippen molar-refractivity contribution in [2.75, 3.05) is 5.73 Å². The van der Waals surface area contributed by atoms with Crippen LogP contribution in [0.5, 0.6) is 0 Å². The summed E-state index contributed by atoms with van der Waals surface area (Å²) in [6, 6.07) is 18.0. The van der Waals surface area contributed by atoms with Gasteiger partial charge in [-0.2, -0.15) is 5.26 Å². The Hall–Kier alpha value is -3.46. The molecule has 0 aliphatic rings. The predicted molar refractivity (Wildman–Crippen MR) is 116 cm³/mol. The van der Waals surface area contributed by atoms with Gasteiger partial charge in [0.1, 0.15) is 0 Å². The highest BCUT2D eigenvalue weighted by molar-refractivity contribution is 5.77. The minimum absolute atomic E-state index is 0.110. The summed E-state index contributed by atoms with van der Waals surface area (Å²) in [7, 11) is 0. The smallest absolute Gasteiger partial charge is 0.308 e. The second kappa shape index (κ2) is 9.84. The van der Waals surface area contributed by atoms with Crippen LogP contribution in [0.1, 0.15) is 50.1 Å². The summed E-state index contributed by atoms with van der Waals surface area (Å²) in [5, 5.41) is 14.0. The Morgan fingerprint density at radius 3 is 2.57 bits per heavy atom. The first-order valence-corrected chi connectivity index (χ1v) is 10.4. The summed E-state index contributed by atoms with van der Waals surface area (Å²) in [6.07, 6.45) is 3.37. The van der Waals surface area contributed by atoms with E-state index in [2.05, 4.69) is 18.1 Å². The van der Waals surface area contributed by atoms with E-state index in [1.54, 1.807) is 4.68 Å². The summed E-state index contributed by atoms with van der Waals surface area (Å²) in [4.78, 5) is 11.9. The average Bonchev–Trinajstić information content (AvgIpc) is 3.07. The van der Waals surface area contributed by atoms with Gasteiger partial charge in [-0.1, -0.05) is 62.7 Å². The van der Waals surface area contributed by atoms with Gasteiger partial charge in [-0.05, 0) is 34.3 Å². The number of nitrogens with zero attached hydrogens (tertiary/aromatic N) is 4. The van der Waals surface area contributed by atoms with Crippen LogP contribution in [0.25, 0.3) is 11.1 Å². The van der Waals surface area contributed by atoms with Crippen LogP contribution in [-0.2, 0) is 24.3 Å². The fourth-order valence-corrected chi connectivity index (χ4v) is 3.41. The van der Waals surface area contributed by atoms with Crippen molar-refractivity contribution in [1.29, 1.82) is 5.26 Å². The Bertz CT molecular complexity index is 1060. The third-order valence-electron chi connectivity index (χ3n) is 5.22. The summed E-state index contributed by atoms with van der Waals surface area (Å²) in [5.41, 5.74) is 10.0. The number of carbonyl (C=O) groups is 1. The normalized spacial score (nSPS) is 10.7. The van der Waals surface area contributed by atoms with Crippen LogP contribution >= 0.6 is 0 Å². The predicted octanol–water partition coefficient (Wildman–Crippen LogP) is 3.66. The van der Waals surface area contributed by atoms with Crippen molar-refractivity contribution in [2.45, 2.75) is 52.6 Å². The molecule has 0 amide bonds. The van der Waals surface area contributed by atoms with E-state index >= 15 is 0 Å². The van der Waals surface area contributed by atoms with E-state index in [1.165, 1.54) is 0 Å². The quantitative estimate of drug-likeness (QED) is 0.553. The minimum atomic E-state index is 0.110. The highest BCUT2D eigenvalue weighted by atomic mass is 16.1. The zero-order valence-electron chi connectivity index (χ0n) is 17.6. The highest BCUT2D eigenvalue weighted by Gasteiger charge is 2.23. The SMILES string of the molecule is CCCCc1nn(CC(=O)CC)c(N)[n+]1Cc1ccc(-c2ccccc2C#N)cc1. The van der Waals surface area contributed by atoms with E-state index in [0.29, 0.717) is 24.5 Å². The van der Waals surface area contributed by atoms with Crippen LogP contribution in [0.15, 0.2) is 48.5 Å². The first-order valence-electron chi connectivity index (χ1n) is 10.4. The summed E-state index contributed by atoms with van der Waals surface area (Å²) in [5.74, 6) is 1.51. The second-order valence-corrected chi connectivity index (χ2v) is 7.37. The molecule has 0 saturated carbocycles. The molecule has 0 radical (unpaired) electrons. The number of aryl methyl sites for hydroxylation is 1. The van der Waals surface area contributed by atoms with Gasteiger partial charge in [-0.15, -0.1) is 4.68 Å². The Morgan fingerprint density at radius 1 is 1.17 bits per heavy atom. The highest BCUT2D eigenvalue weighted by Crippen LogP contribution is 2.23. The Morgan fingerprint density at radius 2 is 1.90 bits per heavy atom. The van der Waals surface area contributed by atoms with E-state index < -0.39 is 0 Å². The molecule has 1 heterocycles. The molecule has 154 valence electrons. The number of Topliss-reactive ketones (excluding diaryl/α,β-unsaturated/α-hetero) is 1. The van der Waals surface area contributed by atoms with Gasteiger partial charge in [0.25, 0.3) is 0 Å². The molecule has 3 aromatic rings. The Labute approximate surface area is 177 Å². The number of hydrogen-bond acceptors (Lipinski definition) is 4. The average molecular weight is 403 g/mol. The molecule has 6 nitrogen and oxygen atoms in total. The molecule has 0 saturated heterocycles. The molecule has 6 heteroatoms. The van der Waals surface area contributed by atoms with Crippen molar-refractivity contribution in [3.05, 3.63) is 65.5 Å². The topological polar surface area (TPSA) is 88.6 Å². The third-order valence-corrected chi connectivity index (χ3v) is 5.22. The fraction of sp³-hybridized carbons (Fsp3) is 0.333. The number of nitriles is 1. The van der Waals surface area contributed by atoms with E-state index in [4.69, 9.17) is 5.73 Å². The number of rotatable bonds is 9. The van der Waals surface area contributed by atoms with Gasteiger partial charge < -0.3 is 5.73 Å². The molecule has 2 aromatic carbocycles. The lowest BCUT2D eigenvalue weighted by molar-refractivity contribution is -0.682. The van der Waals surface area contributed by atoms with Crippen molar-refractivity contribution >= 4 is 11.7 Å². The molecule has 0 bridgehead atoms. The van der Waals surface area contributed by atoms with Crippen molar-refractivity contribution in [3.63, 3.8) is 0 Å². The lowest BCUT2D eigenvalue weighted by Crippen LogP contribution is -2.40. The summed E-state index contributed by atoms with van der Waals surface area (Å²) in [6.45, 7) is 4.78. The van der Waals surface area contributed by atoms with E-state index in [-0.39, 0.29) is 12.3 Å². The van der Waals surface area contributed by atoms with Crippen LogP contribution in [-0.4, -0.2) is 15.6 Å². The number of hydrogen-bond donors (Lipinski definition) is 1. The lowest BCUT2D eigenvalue weighted by atomic mass is 9.99. The van der Waals surface area contributed by atoms with Gasteiger partial charge in [0, 0.05) is 12.8 Å². The van der Waals surface area contributed by atoms with Gasteiger partial charge in [0.2, 0.25) is 5.82 Å². The van der Waals surface area contributed by atoms with Crippen LogP contribution in [0, 0.1) is 11.3 Å². The van der Waals surface area contributed by atoms with Crippen LogP contribution in [0.3, 0.4) is 0 Å². The zero-order valence-corrected chi connectivity index (χ0v) is 17.6. The van der Waals surface area contributed by atoms with E-state index in [0.717, 1.165) is 41.8 Å². The number of carbonyl (C=O) groups excluding carboxylic acids is 1. The van der Waals surface area contributed by atoms with Crippen molar-refractivity contribution in [1.82, 2.24) is 9.78 Å². The molecule has 0 spiro atoms. The third kappa shape index (κ3) is 4.74. The Kier molecular flexibility index (Phi) is 6.97. The number of ketones is 1. The second-order valence-electron chi connectivity index (χ2n) is 7.37.